The van der Waals surface area contributed by atoms with Gasteiger partial charge >= 0.3 is 0 Å². The van der Waals surface area contributed by atoms with Gasteiger partial charge in [0.25, 0.3) is 5.56 Å². The van der Waals surface area contributed by atoms with Crippen molar-refractivity contribution in [2.24, 2.45) is 0 Å². The second-order valence-electron chi connectivity index (χ2n) is 6.88. The van der Waals surface area contributed by atoms with E-state index in [0.717, 1.165) is 28.9 Å². The first-order valence-electron chi connectivity index (χ1n) is 8.86. The lowest BCUT2D eigenvalue weighted by atomic mass is 10.1. The third-order valence-electron chi connectivity index (χ3n) is 4.49. The Morgan fingerprint density at radius 3 is 2.52 bits per heavy atom. The zero-order valence-corrected chi connectivity index (χ0v) is 16.0. The van der Waals surface area contributed by atoms with E-state index < -0.39 is 28.9 Å². The summed E-state index contributed by atoms with van der Waals surface area (Å²) in [7, 11) is 1.68. The molecule has 152 valence electrons. The zero-order valence-electron chi connectivity index (χ0n) is 16.0. The van der Waals surface area contributed by atoms with Crippen LogP contribution in [-0.4, -0.2) is 28.7 Å². The molecular weight excluding hydrogens is 385 g/mol. The quantitative estimate of drug-likeness (QED) is 0.710. The lowest BCUT2D eigenvalue weighted by molar-refractivity contribution is -0.116. The van der Waals surface area contributed by atoms with Crippen LogP contribution < -0.4 is 15.9 Å². The van der Waals surface area contributed by atoms with E-state index in [1.807, 2.05) is 13.8 Å². The van der Waals surface area contributed by atoms with Gasteiger partial charge in [-0.1, -0.05) is 6.07 Å². The molecule has 0 aliphatic rings. The number of fused-ring (bicyclic) bond motifs is 1. The standard InChI is InChI=1S/C20H19F3N4O2/c1-11(2)26(3)20-24-17-10-13(21)5-6-14(17)19(29)27(20)25-18(28)9-12-4-7-15(22)16(23)8-12/h4-8,10-11H,9H2,1-3H3,(H,25,28). The number of hydrogen-bond donors (Lipinski definition) is 1. The van der Waals surface area contributed by atoms with E-state index in [9.17, 15) is 22.8 Å². The van der Waals surface area contributed by atoms with E-state index in [2.05, 4.69) is 10.4 Å². The maximum atomic E-state index is 13.6. The Hall–Kier alpha value is -3.36. The average Bonchev–Trinajstić information content (AvgIpc) is 2.66. The Kier molecular flexibility index (Phi) is 5.58. The summed E-state index contributed by atoms with van der Waals surface area (Å²) in [6.07, 6.45) is -0.282. The fraction of sp³-hybridized carbons (Fsp3) is 0.250. The van der Waals surface area contributed by atoms with Crippen LogP contribution in [0.15, 0.2) is 41.2 Å². The number of aromatic nitrogens is 2. The summed E-state index contributed by atoms with van der Waals surface area (Å²) in [5.74, 6) is -3.14. The van der Waals surface area contributed by atoms with Crippen molar-refractivity contribution in [1.29, 1.82) is 0 Å². The molecule has 3 aromatic rings. The molecule has 3 rings (SSSR count). The molecule has 0 atom stereocenters. The predicted octanol–water partition coefficient (Wildman–Crippen LogP) is 2.97. The van der Waals surface area contributed by atoms with E-state index in [4.69, 9.17) is 0 Å². The predicted molar refractivity (Wildman–Crippen MR) is 104 cm³/mol. The maximum Gasteiger partial charge on any atom is 0.281 e. The van der Waals surface area contributed by atoms with Crippen LogP contribution in [0.2, 0.25) is 0 Å². The molecule has 0 spiro atoms. The molecule has 9 heteroatoms. The number of amides is 1. The van der Waals surface area contributed by atoms with E-state index >= 15 is 0 Å². The van der Waals surface area contributed by atoms with Crippen LogP contribution >= 0.6 is 0 Å². The van der Waals surface area contributed by atoms with Gasteiger partial charge in [-0.05, 0) is 43.7 Å². The molecule has 0 bridgehead atoms. The average molecular weight is 404 g/mol. The number of rotatable bonds is 5. The van der Waals surface area contributed by atoms with Crippen molar-refractivity contribution in [3.05, 3.63) is 69.8 Å². The van der Waals surface area contributed by atoms with Crippen molar-refractivity contribution >= 4 is 22.8 Å². The Morgan fingerprint density at radius 1 is 1.14 bits per heavy atom. The van der Waals surface area contributed by atoms with E-state index in [-0.39, 0.29) is 34.9 Å². The van der Waals surface area contributed by atoms with Gasteiger partial charge in [-0.3, -0.25) is 15.0 Å². The Balaban J connectivity index is 2.02. The number of benzene rings is 2. The molecule has 29 heavy (non-hydrogen) atoms. The molecule has 0 aliphatic heterocycles. The van der Waals surface area contributed by atoms with Crippen molar-refractivity contribution in [1.82, 2.24) is 9.66 Å². The lowest BCUT2D eigenvalue weighted by Gasteiger charge is -2.26. The fourth-order valence-electron chi connectivity index (χ4n) is 2.71. The molecule has 0 aliphatic carbocycles. The third-order valence-corrected chi connectivity index (χ3v) is 4.49. The SMILES string of the molecule is CC(C)N(C)c1nc2cc(F)ccc2c(=O)n1NC(=O)Cc1ccc(F)c(F)c1. The first-order chi connectivity index (χ1) is 13.7. The van der Waals surface area contributed by atoms with Crippen LogP contribution in [0.4, 0.5) is 19.1 Å². The van der Waals surface area contributed by atoms with Gasteiger partial charge in [0.05, 0.1) is 17.3 Å². The second kappa shape index (κ2) is 7.94. The molecule has 0 radical (unpaired) electrons. The highest BCUT2D eigenvalue weighted by Crippen LogP contribution is 2.16. The number of carbonyl (C=O) groups excluding carboxylic acids is 1. The molecule has 1 N–H and O–H groups in total. The van der Waals surface area contributed by atoms with Crippen molar-refractivity contribution < 1.29 is 18.0 Å². The first kappa shape index (κ1) is 20.4. The van der Waals surface area contributed by atoms with Crippen molar-refractivity contribution in [2.45, 2.75) is 26.3 Å². The van der Waals surface area contributed by atoms with Crippen molar-refractivity contribution in [3.63, 3.8) is 0 Å². The summed E-state index contributed by atoms with van der Waals surface area (Å²) in [5.41, 5.74) is 2.26. The van der Waals surface area contributed by atoms with Gasteiger partial charge in [0.15, 0.2) is 11.6 Å². The second-order valence-corrected chi connectivity index (χ2v) is 6.88. The largest absolute Gasteiger partial charge is 0.341 e. The number of nitrogens with one attached hydrogen (secondary N) is 1. The van der Waals surface area contributed by atoms with Gasteiger partial charge in [-0.2, -0.15) is 4.68 Å². The molecule has 0 fully saturated rings. The topological polar surface area (TPSA) is 67.2 Å². The van der Waals surface area contributed by atoms with Gasteiger partial charge in [0.1, 0.15) is 5.82 Å². The summed E-state index contributed by atoms with van der Waals surface area (Å²) >= 11 is 0. The van der Waals surface area contributed by atoms with Gasteiger partial charge < -0.3 is 4.90 Å². The Labute approximate surface area is 164 Å². The highest BCUT2D eigenvalue weighted by Gasteiger charge is 2.19. The summed E-state index contributed by atoms with van der Waals surface area (Å²) in [5, 5.41) is 0.125. The van der Waals surface area contributed by atoms with E-state index in [1.54, 1.807) is 11.9 Å². The third kappa shape index (κ3) is 4.23. The molecule has 1 amide bonds. The number of hydrogen-bond acceptors (Lipinski definition) is 4. The molecule has 1 aromatic heterocycles. The van der Waals surface area contributed by atoms with Crippen LogP contribution in [0.3, 0.4) is 0 Å². The van der Waals surface area contributed by atoms with Crippen LogP contribution in [0.5, 0.6) is 0 Å². The summed E-state index contributed by atoms with van der Waals surface area (Å²) in [6, 6.07) is 6.60. The van der Waals surface area contributed by atoms with Gasteiger partial charge in [-0.15, -0.1) is 0 Å². The molecule has 1 heterocycles. The number of anilines is 1. The van der Waals surface area contributed by atoms with Gasteiger partial charge in [0, 0.05) is 19.2 Å². The normalized spacial score (nSPS) is 11.1. The molecule has 2 aromatic carbocycles. The van der Waals surface area contributed by atoms with Gasteiger partial charge in [-0.25, -0.2) is 18.2 Å². The van der Waals surface area contributed by atoms with Crippen molar-refractivity contribution in [3.8, 4) is 0 Å². The summed E-state index contributed by atoms with van der Waals surface area (Å²) in [4.78, 5) is 31.4. The maximum absolute atomic E-state index is 13.6. The molecule has 0 saturated heterocycles. The molecule has 6 nitrogen and oxygen atoms in total. The minimum atomic E-state index is -1.07. The van der Waals surface area contributed by atoms with Crippen LogP contribution in [0.25, 0.3) is 10.9 Å². The number of halogens is 3. The van der Waals surface area contributed by atoms with Crippen LogP contribution in [0.1, 0.15) is 19.4 Å². The van der Waals surface area contributed by atoms with Gasteiger partial charge in [0.2, 0.25) is 11.9 Å². The Morgan fingerprint density at radius 2 is 1.86 bits per heavy atom. The smallest absolute Gasteiger partial charge is 0.281 e. The molecule has 0 saturated carbocycles. The summed E-state index contributed by atoms with van der Waals surface area (Å²) < 4.78 is 41.0. The van der Waals surface area contributed by atoms with Crippen LogP contribution in [0, 0.1) is 17.5 Å². The van der Waals surface area contributed by atoms with Crippen LogP contribution in [-0.2, 0) is 11.2 Å². The van der Waals surface area contributed by atoms with Crippen molar-refractivity contribution in [2.75, 3.05) is 17.4 Å². The zero-order chi connectivity index (χ0) is 21.3. The lowest BCUT2D eigenvalue weighted by Crippen LogP contribution is -2.40. The Bertz CT molecular complexity index is 1140. The number of carbonyl (C=O) groups is 1. The highest BCUT2D eigenvalue weighted by atomic mass is 19.2. The number of nitrogens with zero attached hydrogens (tertiary/aromatic N) is 3. The minimum absolute atomic E-state index is 0.0812. The minimum Gasteiger partial charge on any atom is -0.341 e. The fourth-order valence-corrected chi connectivity index (χ4v) is 2.71. The van der Waals surface area contributed by atoms with E-state index in [0.29, 0.717) is 0 Å². The first-order valence-corrected chi connectivity index (χ1v) is 8.86. The van der Waals surface area contributed by atoms with E-state index in [1.165, 1.54) is 12.1 Å². The molecule has 0 unspecified atom stereocenters. The summed E-state index contributed by atoms with van der Waals surface area (Å²) in [6.45, 7) is 3.71. The monoisotopic (exact) mass is 404 g/mol. The molecular formula is C20H19F3N4O2. The highest BCUT2D eigenvalue weighted by molar-refractivity contribution is 5.87.